The monoisotopic (exact) mass is 255 g/mol. The maximum Gasteiger partial charge on any atom is 0.0664 e. The van der Waals surface area contributed by atoms with Gasteiger partial charge in [-0.2, -0.15) is 0 Å². The Balaban J connectivity index is 2.17. The molecule has 1 aromatic rings. The first-order chi connectivity index (χ1) is 9.22. The molecule has 1 atom stereocenters. The summed E-state index contributed by atoms with van der Waals surface area (Å²) < 4.78 is 0. The van der Waals surface area contributed by atoms with Crippen molar-refractivity contribution in [2.45, 2.75) is 58.8 Å². The third kappa shape index (κ3) is 3.56. The van der Waals surface area contributed by atoms with Crippen molar-refractivity contribution in [3.05, 3.63) is 47.3 Å². The zero-order chi connectivity index (χ0) is 13.7. The molecule has 0 saturated carbocycles. The molecule has 0 fully saturated rings. The Morgan fingerprint density at radius 3 is 2.84 bits per heavy atom. The second kappa shape index (κ2) is 6.70. The quantitative estimate of drug-likeness (QED) is 0.685. The highest BCUT2D eigenvalue weighted by molar-refractivity contribution is 5.66. The van der Waals surface area contributed by atoms with Gasteiger partial charge in [0.15, 0.2) is 0 Å². The van der Waals surface area contributed by atoms with Crippen molar-refractivity contribution in [3.8, 4) is 0 Å². The summed E-state index contributed by atoms with van der Waals surface area (Å²) in [7, 11) is 0. The largest absolute Gasteiger partial charge is 0.256 e. The van der Waals surface area contributed by atoms with Gasteiger partial charge in [0.05, 0.1) is 5.69 Å². The average Bonchev–Trinajstić information content (AvgIpc) is 2.45. The average molecular weight is 255 g/mol. The van der Waals surface area contributed by atoms with E-state index in [1.54, 1.807) is 0 Å². The molecule has 1 heterocycles. The Labute approximate surface area is 117 Å². The lowest BCUT2D eigenvalue weighted by molar-refractivity contribution is 0.620. The minimum atomic E-state index is 0.627. The Hall–Kier alpha value is -1.37. The molecular weight excluding hydrogens is 230 g/mol. The molecule has 1 aliphatic carbocycles. The standard InChI is InChI=1S/C18H25N/c1-4-5-9-14(2)17-13-19-18(12-15(17)3)16-10-7-6-8-11-16/h6-7,10,12-14H,4-5,8-9,11H2,1-3H3. The van der Waals surface area contributed by atoms with E-state index in [1.807, 2.05) is 0 Å². The molecule has 19 heavy (non-hydrogen) atoms. The SMILES string of the molecule is CCCCC(C)c1cnc(C2=CC=CCC2)cc1C. The van der Waals surface area contributed by atoms with Crippen LogP contribution in [0.1, 0.15) is 68.7 Å². The zero-order valence-corrected chi connectivity index (χ0v) is 12.4. The summed E-state index contributed by atoms with van der Waals surface area (Å²) in [4.78, 5) is 4.69. The number of aryl methyl sites for hydroxylation is 1. The van der Waals surface area contributed by atoms with E-state index < -0.39 is 0 Å². The molecule has 1 unspecified atom stereocenters. The summed E-state index contributed by atoms with van der Waals surface area (Å²) in [5.41, 5.74) is 5.35. The molecule has 0 aromatic carbocycles. The summed E-state index contributed by atoms with van der Waals surface area (Å²) in [6.07, 6.45) is 14.8. The minimum absolute atomic E-state index is 0.627. The van der Waals surface area contributed by atoms with E-state index in [9.17, 15) is 0 Å². The van der Waals surface area contributed by atoms with Gasteiger partial charge < -0.3 is 0 Å². The van der Waals surface area contributed by atoms with Crippen LogP contribution in [0.4, 0.5) is 0 Å². The van der Waals surface area contributed by atoms with Crippen LogP contribution in [0, 0.1) is 6.92 Å². The molecule has 0 aliphatic heterocycles. The van der Waals surface area contributed by atoms with Crippen molar-refractivity contribution < 1.29 is 0 Å². The van der Waals surface area contributed by atoms with Crippen LogP contribution >= 0.6 is 0 Å². The molecule has 1 aromatic heterocycles. The maximum atomic E-state index is 4.69. The predicted octanol–water partition coefficient (Wildman–Crippen LogP) is 5.42. The summed E-state index contributed by atoms with van der Waals surface area (Å²) in [5.74, 6) is 0.627. The number of hydrogen-bond donors (Lipinski definition) is 0. The highest BCUT2D eigenvalue weighted by Crippen LogP contribution is 2.28. The molecule has 1 nitrogen and oxygen atoms in total. The minimum Gasteiger partial charge on any atom is -0.256 e. The number of unbranched alkanes of at least 4 members (excludes halogenated alkanes) is 1. The van der Waals surface area contributed by atoms with E-state index in [1.165, 1.54) is 36.0 Å². The first-order valence-electron chi connectivity index (χ1n) is 7.55. The van der Waals surface area contributed by atoms with Crippen LogP contribution in [0.25, 0.3) is 5.57 Å². The highest BCUT2D eigenvalue weighted by Gasteiger charge is 2.11. The van der Waals surface area contributed by atoms with Crippen molar-refractivity contribution in [1.82, 2.24) is 4.98 Å². The number of aromatic nitrogens is 1. The van der Waals surface area contributed by atoms with Crippen LogP contribution < -0.4 is 0 Å². The zero-order valence-electron chi connectivity index (χ0n) is 12.4. The van der Waals surface area contributed by atoms with E-state index in [2.05, 4.69) is 51.3 Å². The van der Waals surface area contributed by atoms with Gasteiger partial charge in [0.1, 0.15) is 0 Å². The molecular formula is C18H25N. The molecule has 0 spiro atoms. The van der Waals surface area contributed by atoms with Crippen LogP contribution in [0.3, 0.4) is 0 Å². The van der Waals surface area contributed by atoms with Crippen LogP contribution in [0.5, 0.6) is 0 Å². The Kier molecular flexibility index (Phi) is 4.95. The van der Waals surface area contributed by atoms with Crippen molar-refractivity contribution in [3.63, 3.8) is 0 Å². The summed E-state index contributed by atoms with van der Waals surface area (Å²) in [5, 5.41) is 0. The topological polar surface area (TPSA) is 12.9 Å². The van der Waals surface area contributed by atoms with Crippen molar-refractivity contribution in [1.29, 1.82) is 0 Å². The fourth-order valence-corrected chi connectivity index (χ4v) is 2.74. The van der Waals surface area contributed by atoms with Gasteiger partial charge >= 0.3 is 0 Å². The summed E-state index contributed by atoms with van der Waals surface area (Å²) in [6.45, 7) is 6.80. The molecule has 0 saturated heterocycles. The molecule has 0 radical (unpaired) electrons. The summed E-state index contributed by atoms with van der Waals surface area (Å²) >= 11 is 0. The van der Waals surface area contributed by atoms with Gasteiger partial charge in [-0.3, -0.25) is 4.98 Å². The van der Waals surface area contributed by atoms with E-state index >= 15 is 0 Å². The second-order valence-corrected chi connectivity index (χ2v) is 5.63. The van der Waals surface area contributed by atoms with Gasteiger partial charge in [-0.1, -0.05) is 44.9 Å². The van der Waals surface area contributed by atoms with Crippen LogP contribution in [-0.2, 0) is 0 Å². The number of rotatable bonds is 5. The Morgan fingerprint density at radius 2 is 2.21 bits per heavy atom. The first kappa shape index (κ1) is 14.0. The van der Waals surface area contributed by atoms with Crippen molar-refractivity contribution in [2.75, 3.05) is 0 Å². The lowest BCUT2D eigenvalue weighted by Gasteiger charge is -2.16. The lowest BCUT2D eigenvalue weighted by atomic mass is 9.92. The van der Waals surface area contributed by atoms with E-state index in [0.717, 1.165) is 18.5 Å². The predicted molar refractivity (Wildman–Crippen MR) is 83.3 cm³/mol. The molecule has 2 rings (SSSR count). The highest BCUT2D eigenvalue weighted by atomic mass is 14.7. The Morgan fingerprint density at radius 1 is 1.37 bits per heavy atom. The smallest absolute Gasteiger partial charge is 0.0664 e. The maximum absolute atomic E-state index is 4.69. The van der Waals surface area contributed by atoms with Gasteiger partial charge in [-0.15, -0.1) is 0 Å². The third-order valence-electron chi connectivity index (χ3n) is 4.02. The number of pyridine rings is 1. The van der Waals surface area contributed by atoms with E-state index in [0.29, 0.717) is 5.92 Å². The summed E-state index contributed by atoms with van der Waals surface area (Å²) in [6, 6.07) is 2.27. The van der Waals surface area contributed by atoms with Gasteiger partial charge in [-0.05, 0) is 54.9 Å². The van der Waals surface area contributed by atoms with Gasteiger partial charge in [0.2, 0.25) is 0 Å². The van der Waals surface area contributed by atoms with Crippen LogP contribution in [-0.4, -0.2) is 4.98 Å². The number of nitrogens with zero attached hydrogens (tertiary/aromatic N) is 1. The molecule has 1 aliphatic rings. The lowest BCUT2D eigenvalue weighted by Crippen LogP contribution is -2.01. The molecule has 0 N–H and O–H groups in total. The third-order valence-corrected chi connectivity index (χ3v) is 4.02. The molecule has 0 bridgehead atoms. The molecule has 102 valence electrons. The van der Waals surface area contributed by atoms with E-state index in [4.69, 9.17) is 4.98 Å². The fourth-order valence-electron chi connectivity index (χ4n) is 2.74. The van der Waals surface area contributed by atoms with E-state index in [-0.39, 0.29) is 0 Å². The van der Waals surface area contributed by atoms with Gasteiger partial charge in [0.25, 0.3) is 0 Å². The van der Waals surface area contributed by atoms with Crippen molar-refractivity contribution in [2.24, 2.45) is 0 Å². The van der Waals surface area contributed by atoms with Crippen molar-refractivity contribution >= 4 is 5.57 Å². The van der Waals surface area contributed by atoms with Gasteiger partial charge in [-0.25, -0.2) is 0 Å². The molecule has 0 amide bonds. The van der Waals surface area contributed by atoms with Gasteiger partial charge in [0, 0.05) is 6.20 Å². The second-order valence-electron chi connectivity index (χ2n) is 5.63. The first-order valence-corrected chi connectivity index (χ1v) is 7.55. The normalized spacial score (nSPS) is 16.3. The Bertz CT molecular complexity index is 482. The fraction of sp³-hybridized carbons (Fsp3) is 0.500. The molecule has 1 heteroatoms. The van der Waals surface area contributed by atoms with Crippen LogP contribution in [0.2, 0.25) is 0 Å². The number of hydrogen-bond acceptors (Lipinski definition) is 1. The van der Waals surface area contributed by atoms with Crippen LogP contribution in [0.15, 0.2) is 30.5 Å². The number of allylic oxidation sites excluding steroid dienone is 4.